The SMILES string of the molecule is COc1ccc(/C(N)=N/OCC(=O)Nc2ccccc2C(C)(C)C)cc1. The summed E-state index contributed by atoms with van der Waals surface area (Å²) in [5, 5.41) is 6.65. The molecule has 0 bridgehead atoms. The van der Waals surface area contributed by atoms with Crippen molar-refractivity contribution in [3.8, 4) is 5.75 Å². The monoisotopic (exact) mass is 355 g/mol. The summed E-state index contributed by atoms with van der Waals surface area (Å²) in [7, 11) is 1.59. The number of nitrogens with zero attached hydrogens (tertiary/aromatic N) is 1. The maximum atomic E-state index is 12.1. The number of amidine groups is 1. The Labute approximate surface area is 154 Å². The predicted octanol–water partition coefficient (Wildman–Crippen LogP) is 3.27. The molecular weight excluding hydrogens is 330 g/mol. The van der Waals surface area contributed by atoms with Crippen LogP contribution in [0.15, 0.2) is 53.7 Å². The van der Waals surface area contributed by atoms with Crippen molar-refractivity contribution >= 4 is 17.4 Å². The fourth-order valence-electron chi connectivity index (χ4n) is 2.41. The third kappa shape index (κ3) is 5.24. The quantitative estimate of drug-likeness (QED) is 0.473. The van der Waals surface area contributed by atoms with Gasteiger partial charge in [-0.25, -0.2) is 0 Å². The van der Waals surface area contributed by atoms with Crippen molar-refractivity contribution in [2.24, 2.45) is 10.9 Å². The highest BCUT2D eigenvalue weighted by atomic mass is 16.6. The first-order chi connectivity index (χ1) is 12.3. The molecule has 6 nitrogen and oxygen atoms in total. The number of carbonyl (C=O) groups excluding carboxylic acids is 1. The van der Waals surface area contributed by atoms with E-state index in [1.54, 1.807) is 31.4 Å². The summed E-state index contributed by atoms with van der Waals surface area (Å²) in [6, 6.07) is 14.8. The second-order valence-corrected chi connectivity index (χ2v) is 6.82. The Morgan fingerprint density at radius 3 is 2.38 bits per heavy atom. The number of carbonyl (C=O) groups is 1. The van der Waals surface area contributed by atoms with Crippen LogP contribution in [0, 0.1) is 0 Å². The van der Waals surface area contributed by atoms with Crippen LogP contribution in [0.2, 0.25) is 0 Å². The normalized spacial score (nSPS) is 11.8. The van der Waals surface area contributed by atoms with Crippen molar-refractivity contribution in [2.75, 3.05) is 19.0 Å². The average molecular weight is 355 g/mol. The lowest BCUT2D eigenvalue weighted by Crippen LogP contribution is -2.22. The van der Waals surface area contributed by atoms with Crippen LogP contribution >= 0.6 is 0 Å². The van der Waals surface area contributed by atoms with Crippen LogP contribution in [-0.2, 0) is 15.0 Å². The van der Waals surface area contributed by atoms with Crippen molar-refractivity contribution in [2.45, 2.75) is 26.2 Å². The van der Waals surface area contributed by atoms with Crippen molar-refractivity contribution < 1.29 is 14.4 Å². The molecule has 0 radical (unpaired) electrons. The summed E-state index contributed by atoms with van der Waals surface area (Å²) < 4.78 is 5.09. The van der Waals surface area contributed by atoms with E-state index in [-0.39, 0.29) is 23.8 Å². The standard InChI is InChI=1S/C20H25N3O3/c1-20(2,3)16-7-5-6-8-17(16)22-18(24)13-26-23-19(21)14-9-11-15(25-4)12-10-14/h5-12H,13H2,1-4H3,(H2,21,23)(H,22,24). The predicted molar refractivity (Wildman–Crippen MR) is 103 cm³/mol. The van der Waals surface area contributed by atoms with E-state index in [2.05, 4.69) is 31.2 Å². The zero-order valence-electron chi connectivity index (χ0n) is 15.6. The van der Waals surface area contributed by atoms with Crippen LogP contribution in [0.1, 0.15) is 31.9 Å². The van der Waals surface area contributed by atoms with Gasteiger partial charge in [-0.2, -0.15) is 0 Å². The minimum absolute atomic E-state index is 0.0817. The first kappa shape index (κ1) is 19.3. The zero-order valence-corrected chi connectivity index (χ0v) is 15.6. The molecule has 138 valence electrons. The number of oxime groups is 1. The molecule has 0 aliphatic heterocycles. The van der Waals surface area contributed by atoms with Crippen LogP contribution in [0.4, 0.5) is 5.69 Å². The fourth-order valence-corrected chi connectivity index (χ4v) is 2.41. The summed E-state index contributed by atoms with van der Waals surface area (Å²) in [4.78, 5) is 17.2. The smallest absolute Gasteiger partial charge is 0.265 e. The van der Waals surface area contributed by atoms with Gasteiger partial charge in [-0.3, -0.25) is 4.79 Å². The highest BCUT2D eigenvalue weighted by Crippen LogP contribution is 2.29. The molecule has 26 heavy (non-hydrogen) atoms. The highest BCUT2D eigenvalue weighted by Gasteiger charge is 2.18. The van der Waals surface area contributed by atoms with Gasteiger partial charge in [-0.1, -0.05) is 44.1 Å². The molecule has 0 heterocycles. The van der Waals surface area contributed by atoms with Gasteiger partial charge in [-0.05, 0) is 41.3 Å². The molecule has 0 aliphatic rings. The number of anilines is 1. The van der Waals surface area contributed by atoms with Gasteiger partial charge < -0.3 is 20.6 Å². The molecule has 0 atom stereocenters. The molecule has 0 spiro atoms. The van der Waals surface area contributed by atoms with Gasteiger partial charge in [0.1, 0.15) is 5.75 Å². The van der Waals surface area contributed by atoms with Gasteiger partial charge >= 0.3 is 0 Å². The second kappa shape index (κ2) is 8.38. The van der Waals surface area contributed by atoms with E-state index in [0.717, 1.165) is 17.0 Å². The number of amides is 1. The van der Waals surface area contributed by atoms with Crippen molar-refractivity contribution in [3.05, 3.63) is 59.7 Å². The Morgan fingerprint density at radius 2 is 1.77 bits per heavy atom. The van der Waals surface area contributed by atoms with E-state index in [4.69, 9.17) is 15.3 Å². The Kier molecular flexibility index (Phi) is 6.22. The van der Waals surface area contributed by atoms with E-state index >= 15 is 0 Å². The maximum Gasteiger partial charge on any atom is 0.265 e. The van der Waals surface area contributed by atoms with E-state index in [1.165, 1.54) is 0 Å². The zero-order chi connectivity index (χ0) is 19.2. The molecule has 0 fully saturated rings. The summed E-state index contributed by atoms with van der Waals surface area (Å²) >= 11 is 0. The summed E-state index contributed by atoms with van der Waals surface area (Å²) in [6.45, 7) is 6.05. The number of para-hydroxylation sites is 1. The molecule has 0 aromatic heterocycles. The molecule has 2 aromatic carbocycles. The first-order valence-electron chi connectivity index (χ1n) is 8.30. The fraction of sp³-hybridized carbons (Fsp3) is 0.300. The molecule has 0 unspecified atom stereocenters. The number of hydrogen-bond donors (Lipinski definition) is 2. The van der Waals surface area contributed by atoms with Crippen molar-refractivity contribution in [1.82, 2.24) is 0 Å². The molecule has 2 aromatic rings. The third-order valence-corrected chi connectivity index (χ3v) is 3.75. The van der Waals surface area contributed by atoms with E-state index in [9.17, 15) is 4.79 Å². The lowest BCUT2D eigenvalue weighted by atomic mass is 9.86. The summed E-state index contributed by atoms with van der Waals surface area (Å²) in [5.41, 5.74) is 8.28. The number of rotatable bonds is 6. The molecule has 2 rings (SSSR count). The molecule has 0 saturated heterocycles. The van der Waals surface area contributed by atoms with Gasteiger partial charge in [-0.15, -0.1) is 0 Å². The van der Waals surface area contributed by atoms with Gasteiger partial charge in [0.05, 0.1) is 7.11 Å². The Balaban J connectivity index is 1.95. The topological polar surface area (TPSA) is 85.9 Å². The van der Waals surface area contributed by atoms with Gasteiger partial charge in [0.25, 0.3) is 5.91 Å². The second-order valence-electron chi connectivity index (χ2n) is 6.82. The van der Waals surface area contributed by atoms with Crippen LogP contribution < -0.4 is 15.8 Å². The van der Waals surface area contributed by atoms with Crippen LogP contribution in [0.25, 0.3) is 0 Å². The average Bonchev–Trinajstić information content (AvgIpc) is 2.61. The number of hydrogen-bond acceptors (Lipinski definition) is 4. The minimum atomic E-state index is -0.298. The number of nitrogens with one attached hydrogen (secondary N) is 1. The molecule has 0 aliphatic carbocycles. The number of ether oxygens (including phenoxy) is 1. The number of methoxy groups -OCH3 is 1. The minimum Gasteiger partial charge on any atom is -0.497 e. The molecule has 1 amide bonds. The van der Waals surface area contributed by atoms with E-state index in [0.29, 0.717) is 5.56 Å². The largest absolute Gasteiger partial charge is 0.497 e. The number of nitrogens with two attached hydrogens (primary N) is 1. The van der Waals surface area contributed by atoms with E-state index < -0.39 is 0 Å². The van der Waals surface area contributed by atoms with Crippen LogP contribution in [0.5, 0.6) is 5.75 Å². The Morgan fingerprint density at radius 1 is 1.12 bits per heavy atom. The molecular formula is C20H25N3O3. The molecule has 3 N–H and O–H groups in total. The first-order valence-corrected chi connectivity index (χ1v) is 8.30. The Hall–Kier alpha value is -3.02. The molecule has 0 saturated carbocycles. The summed E-state index contributed by atoms with van der Waals surface area (Å²) in [5.74, 6) is 0.614. The van der Waals surface area contributed by atoms with E-state index in [1.807, 2.05) is 24.3 Å². The van der Waals surface area contributed by atoms with Crippen molar-refractivity contribution in [3.63, 3.8) is 0 Å². The van der Waals surface area contributed by atoms with Crippen LogP contribution in [-0.4, -0.2) is 25.5 Å². The van der Waals surface area contributed by atoms with Gasteiger partial charge in [0.15, 0.2) is 12.4 Å². The van der Waals surface area contributed by atoms with Gasteiger partial charge in [0, 0.05) is 11.3 Å². The maximum absolute atomic E-state index is 12.1. The number of benzene rings is 2. The summed E-state index contributed by atoms with van der Waals surface area (Å²) in [6.07, 6.45) is 0. The molecule has 6 heteroatoms. The lowest BCUT2D eigenvalue weighted by Gasteiger charge is -2.22. The highest BCUT2D eigenvalue weighted by molar-refractivity contribution is 5.97. The Bertz CT molecular complexity index is 778. The van der Waals surface area contributed by atoms with Crippen LogP contribution in [0.3, 0.4) is 0 Å². The third-order valence-electron chi connectivity index (χ3n) is 3.75. The lowest BCUT2D eigenvalue weighted by molar-refractivity contribution is -0.120. The van der Waals surface area contributed by atoms with Gasteiger partial charge in [0.2, 0.25) is 0 Å². The van der Waals surface area contributed by atoms with Crippen molar-refractivity contribution in [1.29, 1.82) is 0 Å².